The van der Waals surface area contributed by atoms with Crippen LogP contribution in [0.1, 0.15) is 121 Å². The van der Waals surface area contributed by atoms with Gasteiger partial charge in [-0.3, -0.25) is 14.3 Å². The average Bonchev–Trinajstić information content (AvgIpc) is 4.30. The SMILES string of the molecule is Cc1ncsc1-c1ccc([C@H](C)NC(=O)[C@@H]2C[C@@H](O)CN2C(=O)[C@@H](c2cc(N3CCC(CN4CCC(OC5CC(CN6CCC([C@@H](C)n7cc(-c8cc(-c9ccccc9O)nnc8N)cn7)CC6)C5)CC4)CC3)no2)C(C)C)cc1. The summed E-state index contributed by atoms with van der Waals surface area (Å²) in [4.78, 5) is 42.8. The number of rotatable bonds is 18. The number of thiazole rings is 1. The van der Waals surface area contributed by atoms with Gasteiger partial charge in [0.25, 0.3) is 0 Å². The second-order valence-electron chi connectivity index (χ2n) is 24.0. The van der Waals surface area contributed by atoms with E-state index in [0.29, 0.717) is 52.8 Å². The van der Waals surface area contributed by atoms with Crippen molar-refractivity contribution in [1.82, 2.24) is 50.1 Å². The van der Waals surface area contributed by atoms with Crippen LogP contribution in [0.2, 0.25) is 0 Å². The fraction of sp³-hybridized carbons (Fsp3) is 0.557. The monoisotopic (exact) mass is 1110 g/mol. The standard InChI is InChI=1S/C61H80N12O6S/c1-37(2)57(61(77)72-35-47(74)28-53(72)60(76)65-38(3)43-10-12-45(13-11-43)58-39(4)63-36-80-58)55-30-56(68-79-55)71-24-14-41(15-25-71)32-70-22-18-48(19-23-70)78-49-26-42(27-49)33-69-20-16-44(17-21-69)40(5)73-34-46(31-64-73)51-29-52(66-67-59(51)62)50-8-6-7-9-54(50)75/h6-13,29-31,34,36-38,40-42,44,47-49,53,57,74-75H,14-28,32-33,35H2,1-5H3,(H2,62,67)(H,65,76)/t38-,40+,42?,47+,49?,53-,57+/m0/s1. The van der Waals surface area contributed by atoms with Gasteiger partial charge in [-0.05, 0) is 138 Å². The molecule has 2 aromatic carbocycles. The van der Waals surface area contributed by atoms with Gasteiger partial charge in [-0.2, -0.15) is 5.10 Å². The number of nitrogens with one attached hydrogen (secondary N) is 1. The zero-order valence-electron chi connectivity index (χ0n) is 47.1. The van der Waals surface area contributed by atoms with Gasteiger partial charge >= 0.3 is 0 Å². The van der Waals surface area contributed by atoms with Crippen molar-refractivity contribution in [2.24, 2.45) is 23.7 Å². The Morgan fingerprint density at radius 3 is 2.25 bits per heavy atom. The van der Waals surface area contributed by atoms with Crippen molar-refractivity contribution in [3.8, 4) is 38.6 Å². The molecule has 5 fully saturated rings. The number of benzene rings is 2. The second-order valence-corrected chi connectivity index (χ2v) is 24.8. The van der Waals surface area contributed by atoms with Crippen molar-refractivity contribution in [1.29, 1.82) is 0 Å². The van der Waals surface area contributed by atoms with E-state index in [1.54, 1.807) is 28.4 Å². The number of likely N-dealkylation sites (tertiary alicyclic amines) is 3. The van der Waals surface area contributed by atoms with Gasteiger partial charge in [0.1, 0.15) is 17.7 Å². The van der Waals surface area contributed by atoms with Gasteiger partial charge in [0.15, 0.2) is 17.4 Å². The highest BCUT2D eigenvalue weighted by molar-refractivity contribution is 7.13. The molecular weight excluding hydrogens is 1030 g/mol. The number of aliphatic hydroxyl groups is 1. The quantitative estimate of drug-likeness (QED) is 0.0633. The first-order chi connectivity index (χ1) is 38.7. The number of piperidine rings is 3. The first-order valence-electron chi connectivity index (χ1n) is 29.3. The summed E-state index contributed by atoms with van der Waals surface area (Å²) >= 11 is 1.60. The molecular formula is C61H80N12O6S. The lowest BCUT2D eigenvalue weighted by atomic mass is 9.80. The van der Waals surface area contributed by atoms with Crippen molar-refractivity contribution >= 4 is 34.8 Å². The molecule has 4 aromatic heterocycles. The summed E-state index contributed by atoms with van der Waals surface area (Å²) < 4.78 is 14.7. The van der Waals surface area contributed by atoms with Gasteiger partial charge in [0.05, 0.1) is 58.4 Å². The summed E-state index contributed by atoms with van der Waals surface area (Å²) in [7, 11) is 0. The van der Waals surface area contributed by atoms with Crippen molar-refractivity contribution in [3.63, 3.8) is 0 Å². The normalized spacial score (nSPS) is 23.1. The number of nitrogen functional groups attached to an aromatic ring is 1. The lowest BCUT2D eigenvalue weighted by molar-refractivity contribution is -0.141. The topological polar surface area (TPSA) is 217 Å². The molecule has 0 radical (unpaired) electrons. The van der Waals surface area contributed by atoms with Crippen molar-refractivity contribution in [2.45, 2.75) is 135 Å². The molecule has 0 bridgehead atoms. The van der Waals surface area contributed by atoms with Gasteiger partial charge in [0, 0.05) is 81.2 Å². The molecule has 5 atom stereocenters. The Bertz CT molecular complexity index is 3040. The van der Waals surface area contributed by atoms with E-state index in [1.165, 1.54) is 12.8 Å². The Balaban J connectivity index is 0.576. The van der Waals surface area contributed by atoms with Crippen LogP contribution in [0.5, 0.6) is 5.75 Å². The summed E-state index contributed by atoms with van der Waals surface area (Å²) in [5.74, 6) is 2.32. The van der Waals surface area contributed by atoms with E-state index in [0.717, 1.165) is 130 Å². The molecule has 11 rings (SSSR count). The lowest BCUT2D eigenvalue weighted by Gasteiger charge is -2.43. The predicted octanol–water partition coefficient (Wildman–Crippen LogP) is 8.74. The van der Waals surface area contributed by atoms with E-state index < -0.39 is 18.1 Å². The largest absolute Gasteiger partial charge is 0.507 e. The number of amides is 2. The average molecular weight is 1110 g/mol. The fourth-order valence-electron chi connectivity index (χ4n) is 13.2. The number of phenolic OH excluding ortho intramolecular Hbond substituents is 1. The van der Waals surface area contributed by atoms with Crippen LogP contribution in [0.4, 0.5) is 11.6 Å². The summed E-state index contributed by atoms with van der Waals surface area (Å²) in [6.07, 6.45) is 13.0. The minimum absolute atomic E-state index is 0.0915. The van der Waals surface area contributed by atoms with Crippen LogP contribution in [-0.2, 0) is 14.3 Å². The molecule has 0 spiro atoms. The first kappa shape index (κ1) is 55.6. The summed E-state index contributed by atoms with van der Waals surface area (Å²) in [6, 6.07) is 18.2. The molecule has 4 aliphatic heterocycles. The number of hydrogen-bond donors (Lipinski definition) is 4. The number of carbonyl (C=O) groups is 2. The van der Waals surface area contributed by atoms with Crippen LogP contribution in [0.3, 0.4) is 0 Å². The molecule has 80 heavy (non-hydrogen) atoms. The third-order valence-corrected chi connectivity index (χ3v) is 19.1. The Hall–Kier alpha value is -6.25. The Kier molecular flexibility index (Phi) is 17.0. The molecule has 426 valence electrons. The molecule has 5 N–H and O–H groups in total. The Labute approximate surface area is 474 Å². The van der Waals surface area contributed by atoms with Gasteiger partial charge in [-0.1, -0.05) is 55.4 Å². The number of aromatic nitrogens is 6. The van der Waals surface area contributed by atoms with Crippen LogP contribution < -0.4 is 16.0 Å². The van der Waals surface area contributed by atoms with E-state index in [-0.39, 0.29) is 48.5 Å². The molecule has 1 saturated carbocycles. The molecule has 5 aliphatic rings. The molecule has 1 aliphatic carbocycles. The maximum absolute atomic E-state index is 14.4. The first-order valence-corrected chi connectivity index (χ1v) is 30.2. The molecule has 8 heterocycles. The zero-order valence-corrected chi connectivity index (χ0v) is 47.9. The highest BCUT2D eigenvalue weighted by atomic mass is 32.1. The molecule has 19 heteroatoms. The highest BCUT2D eigenvalue weighted by Crippen LogP contribution is 2.39. The number of carbonyl (C=O) groups excluding carboxylic acids is 2. The summed E-state index contributed by atoms with van der Waals surface area (Å²) in [6.45, 7) is 18.7. The minimum Gasteiger partial charge on any atom is -0.507 e. The number of phenols is 1. The molecule has 0 unspecified atom stereocenters. The number of para-hydroxylation sites is 1. The van der Waals surface area contributed by atoms with Gasteiger partial charge < -0.3 is 50.1 Å². The molecule has 6 aromatic rings. The Morgan fingerprint density at radius 1 is 0.838 bits per heavy atom. The number of nitrogens with two attached hydrogens (primary N) is 1. The van der Waals surface area contributed by atoms with E-state index in [1.807, 2.05) is 87.9 Å². The van der Waals surface area contributed by atoms with Crippen LogP contribution in [0.15, 0.2) is 83.1 Å². The number of ether oxygens (including phenoxy) is 1. The van der Waals surface area contributed by atoms with Crippen molar-refractivity contribution in [2.75, 3.05) is 69.5 Å². The van der Waals surface area contributed by atoms with Gasteiger partial charge in [0.2, 0.25) is 11.8 Å². The number of anilines is 2. The number of aryl methyl sites for hydroxylation is 1. The van der Waals surface area contributed by atoms with Crippen LogP contribution in [0.25, 0.3) is 32.8 Å². The minimum atomic E-state index is -0.796. The number of aromatic hydroxyl groups is 1. The smallest absolute Gasteiger partial charge is 0.243 e. The zero-order chi connectivity index (χ0) is 55.6. The van der Waals surface area contributed by atoms with Crippen molar-refractivity contribution < 1.29 is 29.1 Å². The fourth-order valence-corrected chi connectivity index (χ4v) is 14.0. The third kappa shape index (κ3) is 12.5. The van der Waals surface area contributed by atoms with Crippen LogP contribution in [-0.4, -0.2) is 150 Å². The summed E-state index contributed by atoms with van der Waals surface area (Å²) in [5.41, 5.74) is 14.0. The molecule has 4 saturated heterocycles. The Morgan fingerprint density at radius 2 is 1.55 bits per heavy atom. The highest BCUT2D eigenvalue weighted by Gasteiger charge is 2.44. The van der Waals surface area contributed by atoms with Gasteiger partial charge in [-0.25, -0.2) is 4.98 Å². The van der Waals surface area contributed by atoms with E-state index in [2.05, 4.69) is 58.2 Å². The van der Waals surface area contributed by atoms with Crippen LogP contribution in [0, 0.1) is 30.6 Å². The van der Waals surface area contributed by atoms with E-state index in [9.17, 15) is 19.8 Å². The maximum atomic E-state index is 14.4. The number of β-amino-alcohol motifs (C(OH)–C–C–N with tert-alkyl or cyclic N) is 1. The maximum Gasteiger partial charge on any atom is 0.243 e. The number of aliphatic hydroxyl groups excluding tert-OH is 1. The predicted molar refractivity (Wildman–Crippen MR) is 310 cm³/mol. The van der Waals surface area contributed by atoms with Crippen LogP contribution >= 0.6 is 11.3 Å². The van der Waals surface area contributed by atoms with Gasteiger partial charge in [-0.15, -0.1) is 21.5 Å². The third-order valence-electron chi connectivity index (χ3n) is 18.1. The van der Waals surface area contributed by atoms with Crippen molar-refractivity contribution in [3.05, 3.63) is 95.6 Å². The van der Waals surface area contributed by atoms with E-state index in [4.69, 9.17) is 20.1 Å². The molecule has 2 amide bonds. The second kappa shape index (κ2) is 24.5. The van der Waals surface area contributed by atoms with E-state index >= 15 is 0 Å². The lowest BCUT2D eigenvalue weighted by Crippen LogP contribution is -2.48. The molecule has 18 nitrogen and oxygen atoms in total. The number of hydrogen-bond acceptors (Lipinski definition) is 16. The summed E-state index contributed by atoms with van der Waals surface area (Å²) in [5, 5.41) is 42.0. The number of nitrogens with zero attached hydrogens (tertiary/aromatic N) is 10.